The van der Waals surface area contributed by atoms with E-state index in [1.54, 1.807) is 0 Å². The summed E-state index contributed by atoms with van der Waals surface area (Å²) in [7, 11) is 0. The second-order valence-electron chi connectivity index (χ2n) is 5.24. The van der Waals surface area contributed by atoms with Crippen LogP contribution in [0.5, 0.6) is 5.75 Å². The molecule has 2 nitrogen and oxygen atoms in total. The van der Waals surface area contributed by atoms with E-state index in [-0.39, 0.29) is 0 Å². The van der Waals surface area contributed by atoms with E-state index in [1.807, 2.05) is 24.3 Å². The van der Waals surface area contributed by atoms with Gasteiger partial charge in [-0.3, -0.25) is 0 Å². The van der Waals surface area contributed by atoms with Gasteiger partial charge in [-0.1, -0.05) is 32.1 Å². The van der Waals surface area contributed by atoms with Gasteiger partial charge in [0, 0.05) is 5.69 Å². The quantitative estimate of drug-likeness (QED) is 0.798. The Morgan fingerprint density at radius 1 is 1.18 bits per heavy atom. The lowest BCUT2D eigenvalue weighted by atomic mass is 9.86. The zero-order chi connectivity index (χ0) is 12.1. The Morgan fingerprint density at radius 2 is 1.82 bits per heavy atom. The van der Waals surface area contributed by atoms with Crippen molar-refractivity contribution in [2.75, 3.05) is 5.73 Å². The summed E-state index contributed by atoms with van der Waals surface area (Å²) in [4.78, 5) is 0. The Morgan fingerprint density at radius 3 is 2.47 bits per heavy atom. The molecule has 1 atom stereocenters. The highest BCUT2D eigenvalue weighted by atomic mass is 16.5. The van der Waals surface area contributed by atoms with Crippen LogP contribution in [0.2, 0.25) is 0 Å². The van der Waals surface area contributed by atoms with Crippen LogP contribution in [0.25, 0.3) is 0 Å². The molecule has 0 bridgehead atoms. The van der Waals surface area contributed by atoms with Crippen LogP contribution in [0.3, 0.4) is 0 Å². The van der Waals surface area contributed by atoms with Crippen LogP contribution in [-0.2, 0) is 0 Å². The molecule has 1 aromatic carbocycles. The summed E-state index contributed by atoms with van der Waals surface area (Å²) in [6, 6.07) is 7.69. The number of benzene rings is 1. The molecule has 0 amide bonds. The monoisotopic (exact) mass is 233 g/mol. The standard InChI is InChI=1S/C15H23NO/c1-12(11-13-5-3-2-4-6-13)17-15-9-7-14(16)8-10-15/h7-10,12-13H,2-6,11,16H2,1H3. The van der Waals surface area contributed by atoms with E-state index in [0.29, 0.717) is 6.10 Å². The zero-order valence-corrected chi connectivity index (χ0v) is 10.7. The third-order valence-electron chi connectivity index (χ3n) is 3.61. The fourth-order valence-corrected chi connectivity index (χ4v) is 2.72. The smallest absolute Gasteiger partial charge is 0.119 e. The average molecular weight is 233 g/mol. The van der Waals surface area contributed by atoms with Crippen LogP contribution >= 0.6 is 0 Å². The van der Waals surface area contributed by atoms with Gasteiger partial charge in [-0.2, -0.15) is 0 Å². The molecule has 2 N–H and O–H groups in total. The summed E-state index contributed by atoms with van der Waals surface area (Å²) in [6.45, 7) is 2.17. The van der Waals surface area contributed by atoms with Crippen LogP contribution in [-0.4, -0.2) is 6.10 Å². The lowest BCUT2D eigenvalue weighted by Gasteiger charge is -2.25. The Balaban J connectivity index is 1.79. The van der Waals surface area contributed by atoms with E-state index in [1.165, 1.54) is 38.5 Å². The second kappa shape index (κ2) is 5.95. The van der Waals surface area contributed by atoms with Gasteiger partial charge in [0.1, 0.15) is 5.75 Å². The van der Waals surface area contributed by atoms with Crippen LogP contribution in [0.4, 0.5) is 5.69 Å². The number of anilines is 1. The Hall–Kier alpha value is -1.18. The summed E-state index contributed by atoms with van der Waals surface area (Å²) in [5.41, 5.74) is 6.44. The SMILES string of the molecule is CC(CC1CCCCC1)Oc1ccc(N)cc1. The molecular weight excluding hydrogens is 210 g/mol. The number of rotatable bonds is 4. The Bertz CT molecular complexity index is 327. The minimum atomic E-state index is 0.307. The number of hydrogen-bond donors (Lipinski definition) is 1. The molecule has 0 aromatic heterocycles. The van der Waals surface area contributed by atoms with Crippen molar-refractivity contribution in [3.05, 3.63) is 24.3 Å². The molecule has 2 rings (SSSR count). The highest BCUT2D eigenvalue weighted by Crippen LogP contribution is 2.28. The van der Waals surface area contributed by atoms with Crippen molar-refractivity contribution < 1.29 is 4.74 Å². The van der Waals surface area contributed by atoms with E-state index in [0.717, 1.165) is 17.4 Å². The van der Waals surface area contributed by atoms with Crippen molar-refractivity contribution in [1.29, 1.82) is 0 Å². The summed E-state index contributed by atoms with van der Waals surface area (Å²) in [6.07, 6.45) is 8.49. The summed E-state index contributed by atoms with van der Waals surface area (Å²) < 4.78 is 5.92. The van der Waals surface area contributed by atoms with Gasteiger partial charge in [0.05, 0.1) is 6.10 Å². The van der Waals surface area contributed by atoms with Crippen molar-refractivity contribution in [3.8, 4) is 5.75 Å². The van der Waals surface area contributed by atoms with Gasteiger partial charge in [-0.15, -0.1) is 0 Å². The molecule has 1 fully saturated rings. The van der Waals surface area contributed by atoms with E-state index in [9.17, 15) is 0 Å². The predicted octanol–water partition coefficient (Wildman–Crippen LogP) is 4.01. The zero-order valence-electron chi connectivity index (χ0n) is 10.7. The molecule has 0 spiro atoms. The van der Waals surface area contributed by atoms with Crippen molar-refractivity contribution in [2.24, 2.45) is 5.92 Å². The third kappa shape index (κ3) is 3.95. The molecule has 1 saturated carbocycles. The maximum absolute atomic E-state index is 5.92. The number of nitrogens with two attached hydrogens (primary N) is 1. The molecule has 0 radical (unpaired) electrons. The maximum atomic E-state index is 5.92. The first-order valence-corrected chi connectivity index (χ1v) is 6.76. The first-order valence-electron chi connectivity index (χ1n) is 6.76. The van der Waals surface area contributed by atoms with Gasteiger partial charge in [-0.25, -0.2) is 0 Å². The molecule has 1 unspecified atom stereocenters. The van der Waals surface area contributed by atoms with Gasteiger partial charge in [0.2, 0.25) is 0 Å². The van der Waals surface area contributed by atoms with Gasteiger partial charge < -0.3 is 10.5 Å². The van der Waals surface area contributed by atoms with E-state index < -0.39 is 0 Å². The molecule has 0 aliphatic heterocycles. The second-order valence-corrected chi connectivity index (χ2v) is 5.24. The van der Waals surface area contributed by atoms with Gasteiger partial charge in [0.25, 0.3) is 0 Å². The molecule has 1 aliphatic rings. The molecule has 17 heavy (non-hydrogen) atoms. The van der Waals surface area contributed by atoms with Gasteiger partial charge in [-0.05, 0) is 43.5 Å². The average Bonchev–Trinajstić information content (AvgIpc) is 2.33. The fourth-order valence-electron chi connectivity index (χ4n) is 2.72. The Kier molecular flexibility index (Phi) is 4.29. The summed E-state index contributed by atoms with van der Waals surface area (Å²) in [5.74, 6) is 1.80. The molecule has 0 saturated heterocycles. The molecular formula is C15H23NO. The number of nitrogen functional groups attached to an aromatic ring is 1. The van der Waals surface area contributed by atoms with Gasteiger partial charge >= 0.3 is 0 Å². The predicted molar refractivity (Wildman–Crippen MR) is 72.1 cm³/mol. The van der Waals surface area contributed by atoms with Crippen molar-refractivity contribution >= 4 is 5.69 Å². The van der Waals surface area contributed by atoms with Crippen LogP contribution in [0.1, 0.15) is 45.4 Å². The minimum Gasteiger partial charge on any atom is -0.491 e. The molecule has 1 aliphatic carbocycles. The first kappa shape index (κ1) is 12.3. The first-order chi connectivity index (χ1) is 8.24. The fraction of sp³-hybridized carbons (Fsp3) is 0.600. The van der Waals surface area contributed by atoms with Crippen molar-refractivity contribution in [3.63, 3.8) is 0 Å². The largest absolute Gasteiger partial charge is 0.491 e. The van der Waals surface area contributed by atoms with Gasteiger partial charge in [0.15, 0.2) is 0 Å². The van der Waals surface area contributed by atoms with Crippen molar-refractivity contribution in [1.82, 2.24) is 0 Å². The summed E-state index contributed by atoms with van der Waals surface area (Å²) >= 11 is 0. The number of hydrogen-bond acceptors (Lipinski definition) is 2. The molecule has 0 heterocycles. The third-order valence-corrected chi connectivity index (χ3v) is 3.61. The highest BCUT2D eigenvalue weighted by Gasteiger charge is 2.17. The Labute approximate surface area is 104 Å². The van der Waals surface area contributed by atoms with Crippen LogP contribution in [0.15, 0.2) is 24.3 Å². The highest BCUT2D eigenvalue weighted by molar-refractivity contribution is 5.41. The lowest BCUT2D eigenvalue weighted by molar-refractivity contribution is 0.168. The summed E-state index contributed by atoms with van der Waals surface area (Å²) in [5, 5.41) is 0. The number of ether oxygens (including phenoxy) is 1. The van der Waals surface area contributed by atoms with E-state index in [2.05, 4.69) is 6.92 Å². The lowest BCUT2D eigenvalue weighted by Crippen LogP contribution is -2.18. The maximum Gasteiger partial charge on any atom is 0.119 e. The van der Waals surface area contributed by atoms with E-state index in [4.69, 9.17) is 10.5 Å². The molecule has 1 aromatic rings. The normalized spacial score (nSPS) is 18.9. The minimum absolute atomic E-state index is 0.307. The van der Waals surface area contributed by atoms with E-state index >= 15 is 0 Å². The molecule has 94 valence electrons. The molecule has 2 heteroatoms. The topological polar surface area (TPSA) is 35.2 Å². The van der Waals surface area contributed by atoms with Crippen molar-refractivity contribution in [2.45, 2.75) is 51.6 Å². The van der Waals surface area contributed by atoms with Crippen LogP contribution in [0, 0.1) is 5.92 Å². The van der Waals surface area contributed by atoms with Crippen LogP contribution < -0.4 is 10.5 Å².